The molecule has 108 valence electrons. The molecule has 7 heteroatoms. The van der Waals surface area contributed by atoms with E-state index >= 15 is 0 Å². The SMILES string of the molecule is Cc1ccc(S(=O)(=O)Nc2noc3cccc(Cl)c23)cc1. The highest BCUT2D eigenvalue weighted by Gasteiger charge is 2.19. The summed E-state index contributed by atoms with van der Waals surface area (Å²) in [6.45, 7) is 1.88. The smallest absolute Gasteiger partial charge is 0.263 e. The van der Waals surface area contributed by atoms with E-state index in [0.717, 1.165) is 5.56 Å². The van der Waals surface area contributed by atoms with Crippen LogP contribution in [0.1, 0.15) is 5.56 Å². The minimum atomic E-state index is -3.74. The zero-order valence-corrected chi connectivity index (χ0v) is 12.6. The number of hydrogen-bond acceptors (Lipinski definition) is 4. The van der Waals surface area contributed by atoms with Gasteiger partial charge in [-0.15, -0.1) is 0 Å². The molecule has 0 aliphatic heterocycles. The fraction of sp³-hybridized carbons (Fsp3) is 0.0714. The Labute approximate surface area is 126 Å². The van der Waals surface area contributed by atoms with Crippen LogP contribution in [0.15, 0.2) is 51.9 Å². The van der Waals surface area contributed by atoms with Crippen molar-refractivity contribution < 1.29 is 12.9 Å². The van der Waals surface area contributed by atoms with Gasteiger partial charge in [-0.1, -0.05) is 40.5 Å². The lowest BCUT2D eigenvalue weighted by molar-refractivity contribution is 0.460. The van der Waals surface area contributed by atoms with Gasteiger partial charge in [0.2, 0.25) is 0 Å². The summed E-state index contributed by atoms with van der Waals surface area (Å²) in [6, 6.07) is 11.5. The van der Waals surface area contributed by atoms with Crippen LogP contribution < -0.4 is 4.72 Å². The summed E-state index contributed by atoms with van der Waals surface area (Å²) < 4.78 is 32.1. The summed E-state index contributed by atoms with van der Waals surface area (Å²) in [6.07, 6.45) is 0. The summed E-state index contributed by atoms with van der Waals surface area (Å²) in [4.78, 5) is 0.149. The Hall–Kier alpha value is -2.05. The van der Waals surface area contributed by atoms with Crippen molar-refractivity contribution in [1.82, 2.24) is 5.16 Å². The molecule has 2 aromatic carbocycles. The zero-order chi connectivity index (χ0) is 15.0. The van der Waals surface area contributed by atoms with E-state index in [1.54, 1.807) is 30.3 Å². The van der Waals surface area contributed by atoms with E-state index in [1.807, 2.05) is 6.92 Å². The molecule has 0 fully saturated rings. The molecule has 0 bridgehead atoms. The number of nitrogens with zero attached hydrogens (tertiary/aromatic N) is 1. The molecule has 1 aromatic heterocycles. The van der Waals surface area contributed by atoms with Crippen molar-refractivity contribution in [3.8, 4) is 0 Å². The van der Waals surface area contributed by atoms with Crippen LogP contribution in [0.2, 0.25) is 5.02 Å². The third-order valence-corrected chi connectivity index (χ3v) is 4.68. The van der Waals surface area contributed by atoms with Crippen LogP contribution >= 0.6 is 11.6 Å². The molecule has 0 spiro atoms. The quantitative estimate of drug-likeness (QED) is 0.799. The van der Waals surface area contributed by atoms with Gasteiger partial charge < -0.3 is 4.52 Å². The van der Waals surface area contributed by atoms with Crippen LogP contribution in [0.3, 0.4) is 0 Å². The molecule has 0 atom stereocenters. The lowest BCUT2D eigenvalue weighted by Gasteiger charge is -2.06. The zero-order valence-electron chi connectivity index (χ0n) is 11.0. The van der Waals surface area contributed by atoms with Crippen LogP contribution in [-0.2, 0) is 10.0 Å². The van der Waals surface area contributed by atoms with Gasteiger partial charge in [0.1, 0.15) is 0 Å². The highest BCUT2D eigenvalue weighted by molar-refractivity contribution is 7.92. The average molecular weight is 323 g/mol. The third-order valence-electron chi connectivity index (χ3n) is 3.01. The van der Waals surface area contributed by atoms with E-state index in [2.05, 4.69) is 9.88 Å². The standard InChI is InChI=1S/C14H11ClN2O3S/c1-9-5-7-10(8-6-9)21(18,19)17-14-13-11(15)3-2-4-12(13)20-16-14/h2-8H,1H3,(H,16,17). The van der Waals surface area contributed by atoms with Gasteiger partial charge in [-0.25, -0.2) is 8.42 Å². The number of anilines is 1. The molecule has 0 aliphatic carbocycles. The number of sulfonamides is 1. The topological polar surface area (TPSA) is 72.2 Å². The van der Waals surface area contributed by atoms with E-state index in [9.17, 15) is 8.42 Å². The van der Waals surface area contributed by atoms with E-state index in [4.69, 9.17) is 16.1 Å². The number of halogens is 1. The van der Waals surface area contributed by atoms with Crippen molar-refractivity contribution in [3.05, 3.63) is 53.1 Å². The molecular weight excluding hydrogens is 312 g/mol. The Morgan fingerprint density at radius 3 is 2.57 bits per heavy atom. The average Bonchev–Trinajstić information content (AvgIpc) is 2.83. The summed E-state index contributed by atoms with van der Waals surface area (Å²) >= 11 is 6.06. The normalized spacial score (nSPS) is 11.7. The molecular formula is C14H11ClN2O3S. The van der Waals surface area contributed by atoms with Crippen LogP contribution in [0.5, 0.6) is 0 Å². The predicted octanol–water partition coefficient (Wildman–Crippen LogP) is 3.59. The van der Waals surface area contributed by atoms with Crippen molar-refractivity contribution in [1.29, 1.82) is 0 Å². The van der Waals surface area contributed by atoms with Gasteiger partial charge in [0.05, 0.1) is 15.3 Å². The number of nitrogens with one attached hydrogen (secondary N) is 1. The molecule has 0 unspecified atom stereocenters. The molecule has 0 saturated heterocycles. The summed E-state index contributed by atoms with van der Waals surface area (Å²) in [5.74, 6) is 0.0798. The first-order valence-corrected chi connectivity index (χ1v) is 7.97. The van der Waals surface area contributed by atoms with E-state index in [-0.39, 0.29) is 10.7 Å². The predicted molar refractivity (Wildman–Crippen MR) is 81.0 cm³/mol. The lowest BCUT2D eigenvalue weighted by atomic mass is 10.2. The second kappa shape index (κ2) is 5.05. The van der Waals surface area contributed by atoms with E-state index < -0.39 is 10.0 Å². The lowest BCUT2D eigenvalue weighted by Crippen LogP contribution is -2.13. The molecule has 0 amide bonds. The van der Waals surface area contributed by atoms with Crippen LogP contribution in [0.4, 0.5) is 5.82 Å². The van der Waals surface area contributed by atoms with Gasteiger partial charge in [-0.05, 0) is 31.2 Å². The molecule has 21 heavy (non-hydrogen) atoms. The van der Waals surface area contributed by atoms with E-state index in [1.165, 1.54) is 12.1 Å². The van der Waals surface area contributed by atoms with Gasteiger partial charge in [0.25, 0.3) is 10.0 Å². The van der Waals surface area contributed by atoms with Gasteiger partial charge in [0, 0.05) is 0 Å². The second-order valence-corrected chi connectivity index (χ2v) is 6.65. The van der Waals surface area contributed by atoms with Crippen molar-refractivity contribution in [2.75, 3.05) is 4.72 Å². The second-order valence-electron chi connectivity index (χ2n) is 4.56. The Balaban J connectivity index is 2.03. The minimum absolute atomic E-state index is 0.0798. The maximum Gasteiger partial charge on any atom is 0.263 e. The molecule has 0 saturated carbocycles. The molecule has 1 N–H and O–H groups in total. The molecule has 1 heterocycles. The number of fused-ring (bicyclic) bond motifs is 1. The first-order chi connectivity index (χ1) is 9.97. The van der Waals surface area contributed by atoms with Gasteiger partial charge in [-0.2, -0.15) is 0 Å². The van der Waals surface area contributed by atoms with Crippen molar-refractivity contribution in [2.24, 2.45) is 0 Å². The number of rotatable bonds is 3. The number of benzene rings is 2. The van der Waals surface area contributed by atoms with E-state index in [0.29, 0.717) is 16.0 Å². The Morgan fingerprint density at radius 1 is 1.14 bits per heavy atom. The summed E-state index contributed by atoms with van der Waals surface area (Å²) in [5, 5.41) is 4.55. The molecule has 3 rings (SSSR count). The molecule has 0 aliphatic rings. The first-order valence-electron chi connectivity index (χ1n) is 6.11. The van der Waals surface area contributed by atoms with Gasteiger partial charge in [0.15, 0.2) is 11.4 Å². The van der Waals surface area contributed by atoms with Crippen molar-refractivity contribution in [3.63, 3.8) is 0 Å². The Kier molecular flexibility index (Phi) is 3.35. The maximum atomic E-state index is 12.3. The van der Waals surface area contributed by atoms with Crippen LogP contribution in [0.25, 0.3) is 11.0 Å². The highest BCUT2D eigenvalue weighted by atomic mass is 35.5. The Bertz CT molecular complexity index is 902. The van der Waals surface area contributed by atoms with Crippen molar-refractivity contribution >= 4 is 38.4 Å². The number of hydrogen-bond donors (Lipinski definition) is 1. The van der Waals surface area contributed by atoms with Crippen LogP contribution in [-0.4, -0.2) is 13.6 Å². The molecule has 5 nitrogen and oxygen atoms in total. The maximum absolute atomic E-state index is 12.3. The Morgan fingerprint density at radius 2 is 1.86 bits per heavy atom. The monoisotopic (exact) mass is 322 g/mol. The van der Waals surface area contributed by atoms with Crippen LogP contribution in [0, 0.1) is 6.92 Å². The third kappa shape index (κ3) is 2.59. The summed E-state index contributed by atoms with van der Waals surface area (Å²) in [5.41, 5.74) is 1.40. The van der Waals surface area contributed by atoms with Gasteiger partial charge >= 0.3 is 0 Å². The minimum Gasteiger partial charge on any atom is -0.354 e. The highest BCUT2D eigenvalue weighted by Crippen LogP contribution is 2.31. The fourth-order valence-corrected chi connectivity index (χ4v) is 3.19. The molecule has 3 aromatic rings. The largest absolute Gasteiger partial charge is 0.354 e. The number of aryl methyl sites for hydroxylation is 1. The summed E-state index contributed by atoms with van der Waals surface area (Å²) in [7, 11) is -3.74. The first kappa shape index (κ1) is 13.9. The number of aromatic nitrogens is 1. The fourth-order valence-electron chi connectivity index (χ4n) is 1.92. The van der Waals surface area contributed by atoms with Gasteiger partial charge in [-0.3, -0.25) is 4.72 Å². The molecule has 0 radical (unpaired) electrons. The van der Waals surface area contributed by atoms with Crippen molar-refractivity contribution in [2.45, 2.75) is 11.8 Å².